The van der Waals surface area contributed by atoms with Crippen LogP contribution in [-0.4, -0.2) is 29.1 Å². The van der Waals surface area contributed by atoms with E-state index >= 15 is 0 Å². The normalized spacial score (nSPS) is 24.1. The highest BCUT2D eigenvalue weighted by molar-refractivity contribution is 5.76. The summed E-state index contributed by atoms with van der Waals surface area (Å²) < 4.78 is 6.03. The summed E-state index contributed by atoms with van der Waals surface area (Å²) in [4.78, 5) is 16.0. The maximum absolute atomic E-state index is 12.1. The third-order valence-corrected chi connectivity index (χ3v) is 4.73. The molecule has 1 aliphatic heterocycles. The molecule has 1 N–H and O–H groups in total. The highest BCUT2D eigenvalue weighted by Crippen LogP contribution is 2.39. The van der Waals surface area contributed by atoms with Crippen LogP contribution in [0.25, 0.3) is 0 Å². The Hall–Kier alpha value is -1.42. The van der Waals surface area contributed by atoms with Crippen molar-refractivity contribution in [2.45, 2.75) is 63.0 Å². The van der Waals surface area contributed by atoms with E-state index in [4.69, 9.17) is 4.74 Å². The van der Waals surface area contributed by atoms with Gasteiger partial charge < -0.3 is 10.1 Å². The molecule has 0 radical (unpaired) electrons. The standard InChI is InChI=1S/C17H24N2O2/c20-16(5-4-14-6-10-18-11-7-14)19-15-12-17(21-13-15)8-2-1-3-9-17/h6-7,10-11,15H,1-5,8-9,12-13H2,(H,19,20)/t15-/m1/s1. The zero-order valence-electron chi connectivity index (χ0n) is 12.5. The predicted molar refractivity (Wildman–Crippen MR) is 80.9 cm³/mol. The van der Waals surface area contributed by atoms with Crippen LogP contribution in [0.3, 0.4) is 0 Å². The Labute approximate surface area is 126 Å². The molecule has 114 valence electrons. The molecule has 0 unspecified atom stereocenters. The van der Waals surface area contributed by atoms with Gasteiger partial charge in [0.25, 0.3) is 0 Å². The molecule has 1 amide bonds. The second kappa shape index (κ2) is 6.56. The van der Waals surface area contributed by atoms with Crippen molar-refractivity contribution in [3.63, 3.8) is 0 Å². The maximum Gasteiger partial charge on any atom is 0.220 e. The van der Waals surface area contributed by atoms with E-state index in [2.05, 4.69) is 10.3 Å². The first-order valence-corrected chi connectivity index (χ1v) is 8.08. The van der Waals surface area contributed by atoms with Crippen LogP contribution in [0.1, 0.15) is 50.5 Å². The van der Waals surface area contributed by atoms with Crippen LogP contribution in [0.4, 0.5) is 0 Å². The summed E-state index contributed by atoms with van der Waals surface area (Å²) in [5, 5.41) is 3.14. The molecule has 2 fully saturated rings. The molecule has 1 aromatic heterocycles. The number of pyridine rings is 1. The molecule has 21 heavy (non-hydrogen) atoms. The Morgan fingerprint density at radius 3 is 2.81 bits per heavy atom. The first-order chi connectivity index (χ1) is 10.3. The van der Waals surface area contributed by atoms with Crippen LogP contribution in [0.15, 0.2) is 24.5 Å². The van der Waals surface area contributed by atoms with E-state index in [1.807, 2.05) is 12.1 Å². The van der Waals surface area contributed by atoms with Crippen molar-refractivity contribution in [3.8, 4) is 0 Å². The summed E-state index contributed by atoms with van der Waals surface area (Å²) in [7, 11) is 0. The van der Waals surface area contributed by atoms with Gasteiger partial charge in [-0.05, 0) is 43.4 Å². The third-order valence-electron chi connectivity index (χ3n) is 4.73. The van der Waals surface area contributed by atoms with Crippen LogP contribution in [0.2, 0.25) is 0 Å². The van der Waals surface area contributed by atoms with E-state index in [9.17, 15) is 4.79 Å². The molecule has 4 nitrogen and oxygen atoms in total. The summed E-state index contributed by atoms with van der Waals surface area (Å²) in [5.74, 6) is 0.133. The minimum Gasteiger partial charge on any atom is -0.373 e. The largest absolute Gasteiger partial charge is 0.373 e. The number of hydrogen-bond donors (Lipinski definition) is 1. The summed E-state index contributed by atoms with van der Waals surface area (Å²) in [6, 6.07) is 4.12. The van der Waals surface area contributed by atoms with Crippen molar-refractivity contribution in [3.05, 3.63) is 30.1 Å². The molecule has 0 bridgehead atoms. The number of nitrogens with one attached hydrogen (secondary N) is 1. The van der Waals surface area contributed by atoms with Gasteiger partial charge in [-0.15, -0.1) is 0 Å². The summed E-state index contributed by atoms with van der Waals surface area (Å²) in [5.41, 5.74) is 1.23. The van der Waals surface area contributed by atoms with Gasteiger partial charge in [-0.3, -0.25) is 9.78 Å². The van der Waals surface area contributed by atoms with Crippen molar-refractivity contribution >= 4 is 5.91 Å². The van der Waals surface area contributed by atoms with E-state index in [0.717, 1.165) is 31.2 Å². The summed E-state index contributed by atoms with van der Waals surface area (Å²) >= 11 is 0. The monoisotopic (exact) mass is 288 g/mol. The highest BCUT2D eigenvalue weighted by Gasteiger charge is 2.41. The lowest BCUT2D eigenvalue weighted by Crippen LogP contribution is -2.37. The molecule has 3 rings (SSSR count). The Bertz CT molecular complexity index is 469. The molecule has 1 spiro atoms. The van der Waals surface area contributed by atoms with Gasteiger partial charge in [0, 0.05) is 18.8 Å². The number of aromatic nitrogens is 1. The zero-order valence-corrected chi connectivity index (χ0v) is 12.5. The van der Waals surface area contributed by atoms with Crippen LogP contribution < -0.4 is 5.32 Å². The van der Waals surface area contributed by atoms with Gasteiger partial charge in [-0.25, -0.2) is 0 Å². The third kappa shape index (κ3) is 3.82. The molecule has 1 aromatic rings. The topological polar surface area (TPSA) is 51.2 Å². The number of carbonyl (C=O) groups excluding carboxylic acids is 1. The quantitative estimate of drug-likeness (QED) is 0.926. The van der Waals surface area contributed by atoms with E-state index in [0.29, 0.717) is 13.0 Å². The predicted octanol–water partition coefficient (Wildman–Crippen LogP) is 2.62. The molecule has 1 saturated heterocycles. The Balaban J connectivity index is 1.43. The Morgan fingerprint density at radius 2 is 2.05 bits per heavy atom. The van der Waals surface area contributed by atoms with Crippen molar-refractivity contribution in [1.82, 2.24) is 10.3 Å². The molecule has 2 aliphatic rings. The minimum absolute atomic E-state index is 0.0707. The molecule has 2 heterocycles. The van der Waals surface area contributed by atoms with Crippen LogP contribution in [-0.2, 0) is 16.0 Å². The lowest BCUT2D eigenvalue weighted by Gasteiger charge is -2.32. The van der Waals surface area contributed by atoms with Gasteiger partial charge in [0.2, 0.25) is 5.91 Å². The van der Waals surface area contributed by atoms with E-state index in [1.54, 1.807) is 12.4 Å². The van der Waals surface area contributed by atoms with Crippen molar-refractivity contribution in [2.24, 2.45) is 0 Å². The molecule has 1 saturated carbocycles. The maximum atomic E-state index is 12.1. The molecule has 1 atom stereocenters. The SMILES string of the molecule is O=C(CCc1ccncc1)N[C@H]1COC2(CCCCC2)C1. The van der Waals surface area contributed by atoms with Crippen LogP contribution >= 0.6 is 0 Å². The van der Waals surface area contributed by atoms with Gasteiger partial charge in [0.05, 0.1) is 18.2 Å². The first-order valence-electron chi connectivity index (χ1n) is 8.08. The lowest BCUT2D eigenvalue weighted by molar-refractivity contribution is -0.121. The fraction of sp³-hybridized carbons (Fsp3) is 0.647. The first kappa shape index (κ1) is 14.5. The second-order valence-corrected chi connectivity index (χ2v) is 6.38. The van der Waals surface area contributed by atoms with Gasteiger partial charge >= 0.3 is 0 Å². The Kier molecular flexibility index (Phi) is 4.54. The second-order valence-electron chi connectivity index (χ2n) is 6.38. The molecule has 0 aromatic carbocycles. The zero-order chi connectivity index (χ0) is 14.5. The Morgan fingerprint density at radius 1 is 1.29 bits per heavy atom. The van der Waals surface area contributed by atoms with Gasteiger partial charge in [0.15, 0.2) is 0 Å². The van der Waals surface area contributed by atoms with Crippen molar-refractivity contribution in [2.75, 3.05) is 6.61 Å². The van der Waals surface area contributed by atoms with Gasteiger partial charge in [-0.1, -0.05) is 19.3 Å². The number of aryl methyl sites for hydroxylation is 1. The summed E-state index contributed by atoms with van der Waals surface area (Å²) in [6.07, 6.45) is 12.0. The highest BCUT2D eigenvalue weighted by atomic mass is 16.5. The number of ether oxygens (including phenoxy) is 1. The molecular weight excluding hydrogens is 264 g/mol. The molecular formula is C17H24N2O2. The van der Waals surface area contributed by atoms with Crippen molar-refractivity contribution in [1.29, 1.82) is 0 Å². The number of nitrogens with zero attached hydrogens (tertiary/aromatic N) is 1. The van der Waals surface area contributed by atoms with Gasteiger partial charge in [0.1, 0.15) is 0 Å². The number of rotatable bonds is 4. The van der Waals surface area contributed by atoms with E-state index < -0.39 is 0 Å². The number of hydrogen-bond acceptors (Lipinski definition) is 3. The number of amides is 1. The van der Waals surface area contributed by atoms with Gasteiger partial charge in [-0.2, -0.15) is 0 Å². The average Bonchev–Trinajstić information content (AvgIpc) is 2.89. The fourth-order valence-corrected chi connectivity index (χ4v) is 3.59. The minimum atomic E-state index is 0.0707. The van der Waals surface area contributed by atoms with Crippen LogP contribution in [0.5, 0.6) is 0 Å². The average molecular weight is 288 g/mol. The molecule has 4 heteroatoms. The smallest absolute Gasteiger partial charge is 0.220 e. The summed E-state index contributed by atoms with van der Waals surface area (Å²) in [6.45, 7) is 0.682. The van der Waals surface area contributed by atoms with Crippen molar-refractivity contribution < 1.29 is 9.53 Å². The number of carbonyl (C=O) groups is 1. The molecule has 1 aliphatic carbocycles. The lowest BCUT2D eigenvalue weighted by atomic mass is 9.82. The fourth-order valence-electron chi connectivity index (χ4n) is 3.59. The van der Waals surface area contributed by atoms with Crippen LogP contribution in [0, 0.1) is 0 Å². The van der Waals surface area contributed by atoms with E-state index in [1.165, 1.54) is 19.3 Å². The van der Waals surface area contributed by atoms with E-state index in [-0.39, 0.29) is 17.6 Å².